The Morgan fingerprint density at radius 3 is 1.50 bits per heavy atom. The predicted molar refractivity (Wildman–Crippen MR) is 98.6 cm³/mol. The van der Waals surface area contributed by atoms with Gasteiger partial charge in [-0.3, -0.25) is 0 Å². The zero-order valence-corrected chi connectivity index (χ0v) is 14.8. The van der Waals surface area contributed by atoms with E-state index in [0.717, 1.165) is 5.69 Å². The van der Waals surface area contributed by atoms with Crippen LogP contribution in [0.4, 0.5) is 5.69 Å². The van der Waals surface area contributed by atoms with Crippen LogP contribution in [0.5, 0.6) is 0 Å². The molecule has 0 saturated heterocycles. The van der Waals surface area contributed by atoms with E-state index in [9.17, 15) is 0 Å². The van der Waals surface area contributed by atoms with Crippen LogP contribution in [0.15, 0.2) is 36.4 Å². The molecule has 0 heterocycles. The Balaban J connectivity index is 2.76. The van der Waals surface area contributed by atoms with Crippen LogP contribution in [-0.4, -0.2) is 0 Å². The van der Waals surface area contributed by atoms with E-state index in [1.165, 1.54) is 27.8 Å². The quantitative estimate of drug-likeness (QED) is 0.657. The molecule has 0 aliphatic heterocycles. The molecule has 2 N–H and O–H groups in total. The lowest BCUT2D eigenvalue weighted by molar-refractivity contribution is 0.807. The summed E-state index contributed by atoms with van der Waals surface area (Å²) in [6, 6.07) is 13.1. The van der Waals surface area contributed by atoms with Crippen molar-refractivity contribution in [2.45, 2.75) is 59.3 Å². The Bertz CT molecular complexity index is 604. The van der Waals surface area contributed by atoms with Gasteiger partial charge in [-0.25, -0.2) is 0 Å². The van der Waals surface area contributed by atoms with Crippen LogP contribution in [0.25, 0.3) is 11.1 Å². The third kappa shape index (κ3) is 3.35. The van der Waals surface area contributed by atoms with E-state index in [1.807, 2.05) is 12.1 Å². The summed E-state index contributed by atoms with van der Waals surface area (Å²) < 4.78 is 0. The van der Waals surface area contributed by atoms with E-state index in [4.69, 9.17) is 5.73 Å². The summed E-state index contributed by atoms with van der Waals surface area (Å²) in [5.74, 6) is 1.56. The van der Waals surface area contributed by atoms with Gasteiger partial charge in [-0.05, 0) is 57.7 Å². The van der Waals surface area contributed by atoms with Crippen molar-refractivity contribution in [2.24, 2.45) is 0 Å². The molecule has 0 amide bonds. The SMILES string of the molecule is CC(C)c1cc(C(C)C)c(-c2ccc(N)cc2)c(C(C)C)c1. The molecular weight excluding hydrogens is 266 g/mol. The average Bonchev–Trinajstić information content (AvgIpc) is 2.46. The maximum Gasteiger partial charge on any atom is 0.0314 e. The van der Waals surface area contributed by atoms with Gasteiger partial charge in [-0.2, -0.15) is 0 Å². The van der Waals surface area contributed by atoms with Gasteiger partial charge in [-0.1, -0.05) is 65.8 Å². The fraction of sp³-hybridized carbons (Fsp3) is 0.429. The van der Waals surface area contributed by atoms with Crippen molar-refractivity contribution in [1.29, 1.82) is 0 Å². The van der Waals surface area contributed by atoms with Crippen molar-refractivity contribution in [1.82, 2.24) is 0 Å². The van der Waals surface area contributed by atoms with E-state index in [-0.39, 0.29) is 0 Å². The third-order valence-corrected chi connectivity index (χ3v) is 4.33. The molecule has 0 unspecified atom stereocenters. The highest BCUT2D eigenvalue weighted by atomic mass is 14.5. The Morgan fingerprint density at radius 2 is 1.14 bits per heavy atom. The second-order valence-electron chi connectivity index (χ2n) is 7.16. The molecule has 1 nitrogen and oxygen atoms in total. The first kappa shape index (κ1) is 16.6. The second-order valence-corrected chi connectivity index (χ2v) is 7.16. The van der Waals surface area contributed by atoms with Crippen LogP contribution in [0, 0.1) is 0 Å². The molecule has 0 aromatic heterocycles. The summed E-state index contributed by atoms with van der Waals surface area (Å²) in [6.45, 7) is 13.7. The lowest BCUT2D eigenvalue weighted by atomic mass is 9.82. The Hall–Kier alpha value is -1.76. The molecule has 0 aliphatic rings. The molecule has 1 heteroatoms. The topological polar surface area (TPSA) is 26.0 Å². The van der Waals surface area contributed by atoms with Crippen LogP contribution in [0.1, 0.15) is 76.0 Å². The molecule has 0 bridgehead atoms. The number of anilines is 1. The van der Waals surface area contributed by atoms with Gasteiger partial charge in [0.25, 0.3) is 0 Å². The minimum Gasteiger partial charge on any atom is -0.399 e. The molecule has 22 heavy (non-hydrogen) atoms. The lowest BCUT2D eigenvalue weighted by Crippen LogP contribution is -2.03. The van der Waals surface area contributed by atoms with Gasteiger partial charge in [-0.15, -0.1) is 0 Å². The number of hydrogen-bond acceptors (Lipinski definition) is 1. The Kier molecular flexibility index (Phi) is 4.95. The summed E-state index contributed by atoms with van der Waals surface area (Å²) in [5, 5.41) is 0. The van der Waals surface area contributed by atoms with E-state index < -0.39 is 0 Å². The second kappa shape index (κ2) is 6.56. The number of nitrogens with two attached hydrogens (primary N) is 1. The number of hydrogen-bond donors (Lipinski definition) is 1. The maximum absolute atomic E-state index is 5.86. The average molecular weight is 295 g/mol. The van der Waals surface area contributed by atoms with Crippen molar-refractivity contribution < 1.29 is 0 Å². The van der Waals surface area contributed by atoms with Crippen LogP contribution in [0.3, 0.4) is 0 Å². The maximum atomic E-state index is 5.86. The molecule has 2 aromatic rings. The summed E-state index contributed by atoms with van der Waals surface area (Å²) >= 11 is 0. The third-order valence-electron chi connectivity index (χ3n) is 4.33. The number of benzene rings is 2. The smallest absolute Gasteiger partial charge is 0.0314 e. The molecule has 2 aromatic carbocycles. The lowest BCUT2D eigenvalue weighted by Gasteiger charge is -2.23. The van der Waals surface area contributed by atoms with Gasteiger partial charge in [0.1, 0.15) is 0 Å². The predicted octanol–water partition coefficient (Wildman–Crippen LogP) is 6.31. The molecule has 0 atom stereocenters. The van der Waals surface area contributed by atoms with Crippen molar-refractivity contribution in [3.05, 3.63) is 53.1 Å². The van der Waals surface area contributed by atoms with Gasteiger partial charge < -0.3 is 5.73 Å². The van der Waals surface area contributed by atoms with Gasteiger partial charge >= 0.3 is 0 Å². The van der Waals surface area contributed by atoms with E-state index in [1.54, 1.807) is 0 Å². The Morgan fingerprint density at radius 1 is 0.682 bits per heavy atom. The fourth-order valence-electron chi connectivity index (χ4n) is 2.94. The van der Waals surface area contributed by atoms with Crippen molar-refractivity contribution in [3.63, 3.8) is 0 Å². The molecule has 0 saturated carbocycles. The van der Waals surface area contributed by atoms with Crippen LogP contribution in [0.2, 0.25) is 0 Å². The van der Waals surface area contributed by atoms with Crippen molar-refractivity contribution in [2.75, 3.05) is 5.73 Å². The van der Waals surface area contributed by atoms with Crippen molar-refractivity contribution >= 4 is 5.69 Å². The first-order valence-corrected chi connectivity index (χ1v) is 8.34. The highest BCUT2D eigenvalue weighted by molar-refractivity contribution is 5.74. The van der Waals surface area contributed by atoms with Crippen molar-refractivity contribution in [3.8, 4) is 11.1 Å². The minimum atomic E-state index is 0.503. The highest BCUT2D eigenvalue weighted by Gasteiger charge is 2.18. The van der Waals surface area contributed by atoms with E-state index in [0.29, 0.717) is 17.8 Å². The zero-order chi connectivity index (χ0) is 16.4. The van der Waals surface area contributed by atoms with Gasteiger partial charge in [0.2, 0.25) is 0 Å². The largest absolute Gasteiger partial charge is 0.399 e. The van der Waals surface area contributed by atoms with E-state index in [2.05, 4.69) is 65.8 Å². The molecule has 2 rings (SSSR count). The Labute approximate surface area is 135 Å². The number of nitrogen functional groups attached to an aromatic ring is 1. The summed E-state index contributed by atoms with van der Waals surface area (Å²) in [6.07, 6.45) is 0. The van der Waals surface area contributed by atoms with Crippen LogP contribution < -0.4 is 5.73 Å². The molecule has 0 fully saturated rings. The number of rotatable bonds is 4. The van der Waals surface area contributed by atoms with E-state index >= 15 is 0 Å². The fourth-order valence-corrected chi connectivity index (χ4v) is 2.94. The standard InChI is InChI=1S/C21H29N/c1-13(2)17-11-19(14(3)4)21(20(12-17)15(5)6)16-7-9-18(22)10-8-16/h7-15H,22H2,1-6H3. The van der Waals surface area contributed by atoms with Crippen LogP contribution >= 0.6 is 0 Å². The van der Waals surface area contributed by atoms with Crippen LogP contribution in [-0.2, 0) is 0 Å². The normalized spacial score (nSPS) is 11.7. The molecular formula is C21H29N. The summed E-state index contributed by atoms with van der Waals surface area (Å²) in [5.41, 5.74) is 13.7. The summed E-state index contributed by atoms with van der Waals surface area (Å²) in [4.78, 5) is 0. The monoisotopic (exact) mass is 295 g/mol. The molecule has 118 valence electrons. The highest BCUT2D eigenvalue weighted by Crippen LogP contribution is 2.38. The van der Waals surface area contributed by atoms with Gasteiger partial charge in [0.05, 0.1) is 0 Å². The van der Waals surface area contributed by atoms with Gasteiger partial charge in [0.15, 0.2) is 0 Å². The molecule has 0 radical (unpaired) electrons. The first-order valence-electron chi connectivity index (χ1n) is 8.34. The molecule has 0 spiro atoms. The van der Waals surface area contributed by atoms with Gasteiger partial charge in [0, 0.05) is 5.69 Å². The summed E-state index contributed by atoms with van der Waals surface area (Å²) in [7, 11) is 0. The first-order chi connectivity index (χ1) is 10.3. The molecule has 0 aliphatic carbocycles. The minimum absolute atomic E-state index is 0.503. The zero-order valence-electron chi connectivity index (χ0n) is 14.8.